The smallest absolute Gasteiger partial charge is 0.266 e. The van der Waals surface area contributed by atoms with Gasteiger partial charge >= 0.3 is 0 Å². The minimum atomic E-state index is -1.07. The molecule has 3 N–H and O–H groups in total. The highest BCUT2D eigenvalue weighted by atomic mass is 16.5. The van der Waals surface area contributed by atoms with Crippen molar-refractivity contribution in [2.75, 3.05) is 26.4 Å². The molecule has 1 amide bonds. The second-order valence-corrected chi connectivity index (χ2v) is 8.82. The van der Waals surface area contributed by atoms with Gasteiger partial charge in [0.1, 0.15) is 12.4 Å². The van der Waals surface area contributed by atoms with Crippen molar-refractivity contribution in [1.82, 2.24) is 10.9 Å². The highest BCUT2D eigenvalue weighted by molar-refractivity contribution is 6.00. The van der Waals surface area contributed by atoms with E-state index < -0.39 is 5.54 Å². The van der Waals surface area contributed by atoms with Crippen LogP contribution in [0.1, 0.15) is 29.5 Å². The maximum Gasteiger partial charge on any atom is 0.266 e. The van der Waals surface area contributed by atoms with Crippen LogP contribution in [-0.4, -0.2) is 48.8 Å². The minimum Gasteiger partial charge on any atom is -0.494 e. The van der Waals surface area contributed by atoms with E-state index in [4.69, 9.17) is 19.6 Å². The fourth-order valence-electron chi connectivity index (χ4n) is 4.05. The summed E-state index contributed by atoms with van der Waals surface area (Å²) < 4.78 is 11.6. The lowest BCUT2D eigenvalue weighted by molar-refractivity contribution is -0.127. The van der Waals surface area contributed by atoms with Gasteiger partial charge in [0, 0.05) is 31.6 Å². The van der Waals surface area contributed by atoms with E-state index in [2.05, 4.69) is 23.0 Å². The van der Waals surface area contributed by atoms with Crippen LogP contribution in [0.2, 0.25) is 0 Å². The van der Waals surface area contributed by atoms with Crippen LogP contribution in [0, 0.1) is 0 Å². The van der Waals surface area contributed by atoms with Crippen molar-refractivity contribution in [2.24, 2.45) is 4.99 Å². The summed E-state index contributed by atoms with van der Waals surface area (Å²) in [6, 6.07) is 27.5. The Kier molecular flexibility index (Phi) is 9.08. The number of aliphatic hydroxyl groups excluding tert-OH is 1. The third kappa shape index (κ3) is 6.93. The number of rotatable bonds is 13. The van der Waals surface area contributed by atoms with Gasteiger partial charge in [-0.05, 0) is 48.2 Å². The molecule has 0 spiro atoms. The topological polar surface area (TPSA) is 92.2 Å². The third-order valence-corrected chi connectivity index (χ3v) is 6.01. The molecule has 1 heterocycles. The molecule has 0 aromatic heterocycles. The largest absolute Gasteiger partial charge is 0.494 e. The summed E-state index contributed by atoms with van der Waals surface area (Å²) in [7, 11) is 0. The van der Waals surface area contributed by atoms with E-state index in [0.717, 1.165) is 24.0 Å². The standard InChI is InChI=1S/C29H33N3O4/c33-19-8-20-35-26-16-14-25(15-17-26)27-31-29(22-36-27,21-24-11-5-2-6-12-24)28(34)32-30-18-7-13-23-9-3-1-4-10-23/h1-6,9-12,14-17,30,33H,7-8,13,18-22H2,(H,32,34)/t29-/m0/s1. The number of hydrazine groups is 1. The Bertz CT molecular complexity index is 1120. The molecular weight excluding hydrogens is 454 g/mol. The van der Waals surface area contributed by atoms with Crippen LogP contribution < -0.4 is 15.6 Å². The normalized spacial score (nSPS) is 16.8. The van der Waals surface area contributed by atoms with Crippen LogP contribution in [0.3, 0.4) is 0 Å². The molecule has 1 atom stereocenters. The molecular formula is C29H33N3O4. The summed E-state index contributed by atoms with van der Waals surface area (Å²) in [5, 5.41) is 8.91. The van der Waals surface area contributed by atoms with E-state index in [0.29, 0.717) is 37.6 Å². The highest BCUT2D eigenvalue weighted by Crippen LogP contribution is 2.27. The Morgan fingerprint density at radius 1 is 0.944 bits per heavy atom. The summed E-state index contributed by atoms with van der Waals surface area (Å²) in [5.41, 5.74) is 7.93. The van der Waals surface area contributed by atoms with Gasteiger partial charge in [-0.15, -0.1) is 0 Å². The van der Waals surface area contributed by atoms with Crippen molar-refractivity contribution in [3.63, 3.8) is 0 Å². The van der Waals surface area contributed by atoms with Gasteiger partial charge in [0.05, 0.1) is 6.61 Å². The molecule has 1 aliphatic rings. The molecule has 0 saturated heterocycles. The molecule has 3 aromatic rings. The first-order valence-electron chi connectivity index (χ1n) is 12.4. The Balaban J connectivity index is 1.41. The average Bonchev–Trinajstić information content (AvgIpc) is 3.35. The molecule has 7 nitrogen and oxygen atoms in total. The monoisotopic (exact) mass is 487 g/mol. The number of nitrogens with zero attached hydrogens (tertiary/aromatic N) is 1. The summed E-state index contributed by atoms with van der Waals surface area (Å²) in [4.78, 5) is 18.2. The molecule has 4 rings (SSSR count). The number of ether oxygens (including phenoxy) is 2. The quantitative estimate of drug-likeness (QED) is 0.254. The molecule has 188 valence electrons. The number of benzene rings is 3. The number of aryl methyl sites for hydroxylation is 1. The summed E-state index contributed by atoms with van der Waals surface area (Å²) in [5.74, 6) is 0.927. The number of aliphatic hydroxyl groups is 1. The van der Waals surface area contributed by atoms with Gasteiger partial charge in [0.15, 0.2) is 5.54 Å². The minimum absolute atomic E-state index is 0.0934. The first-order valence-corrected chi connectivity index (χ1v) is 12.4. The molecule has 3 aromatic carbocycles. The third-order valence-electron chi connectivity index (χ3n) is 6.01. The van der Waals surface area contributed by atoms with Gasteiger partial charge in [-0.1, -0.05) is 60.7 Å². The van der Waals surface area contributed by atoms with Crippen LogP contribution in [-0.2, 0) is 22.4 Å². The Morgan fingerprint density at radius 3 is 2.33 bits per heavy atom. The SMILES string of the molecule is O=C(NNCCCc1ccccc1)[C@]1(Cc2ccccc2)COC(c2ccc(OCCCO)cc2)=N1. The zero-order chi connectivity index (χ0) is 25.1. The van der Waals surface area contributed by atoms with E-state index in [9.17, 15) is 4.79 Å². The van der Waals surface area contributed by atoms with Gasteiger partial charge in [0.25, 0.3) is 5.91 Å². The second-order valence-electron chi connectivity index (χ2n) is 8.82. The fraction of sp³-hybridized carbons (Fsp3) is 0.310. The van der Waals surface area contributed by atoms with Crippen LogP contribution in [0.4, 0.5) is 0 Å². The van der Waals surface area contributed by atoms with Gasteiger partial charge in [-0.25, -0.2) is 10.4 Å². The molecule has 0 unspecified atom stereocenters. The maximum absolute atomic E-state index is 13.4. The van der Waals surface area contributed by atoms with Crippen molar-refractivity contribution in [1.29, 1.82) is 0 Å². The molecule has 0 fully saturated rings. The second kappa shape index (κ2) is 12.9. The van der Waals surface area contributed by atoms with Gasteiger partial charge in [-0.3, -0.25) is 10.2 Å². The van der Waals surface area contributed by atoms with Crippen LogP contribution in [0.15, 0.2) is 89.9 Å². The first-order chi connectivity index (χ1) is 17.7. The van der Waals surface area contributed by atoms with Gasteiger partial charge in [0.2, 0.25) is 5.90 Å². The number of amides is 1. The molecule has 0 radical (unpaired) electrons. The van der Waals surface area contributed by atoms with Crippen LogP contribution in [0.25, 0.3) is 0 Å². The van der Waals surface area contributed by atoms with Crippen molar-refractivity contribution in [2.45, 2.75) is 31.2 Å². The van der Waals surface area contributed by atoms with Crippen LogP contribution in [0.5, 0.6) is 5.75 Å². The van der Waals surface area contributed by atoms with Crippen LogP contribution >= 0.6 is 0 Å². The number of carbonyl (C=O) groups is 1. The number of nitrogens with one attached hydrogen (secondary N) is 2. The lowest BCUT2D eigenvalue weighted by Gasteiger charge is -2.23. The number of hydrogen-bond acceptors (Lipinski definition) is 6. The van der Waals surface area contributed by atoms with E-state index >= 15 is 0 Å². The van der Waals surface area contributed by atoms with E-state index in [-0.39, 0.29) is 19.1 Å². The average molecular weight is 488 g/mol. The number of hydrogen-bond donors (Lipinski definition) is 3. The zero-order valence-electron chi connectivity index (χ0n) is 20.4. The number of carbonyl (C=O) groups excluding carboxylic acids is 1. The molecule has 0 saturated carbocycles. The predicted octanol–water partition coefficient (Wildman–Crippen LogP) is 3.46. The Hall–Kier alpha value is -3.68. The number of aliphatic imine (C=N–C) groups is 1. The first kappa shape index (κ1) is 25.4. The summed E-state index contributed by atoms with van der Waals surface area (Å²) >= 11 is 0. The predicted molar refractivity (Wildman–Crippen MR) is 140 cm³/mol. The fourth-order valence-corrected chi connectivity index (χ4v) is 4.05. The summed E-state index contributed by atoms with van der Waals surface area (Å²) in [6.45, 7) is 1.35. The van der Waals surface area contributed by atoms with Crippen molar-refractivity contribution < 1.29 is 19.4 Å². The molecule has 36 heavy (non-hydrogen) atoms. The molecule has 7 heteroatoms. The van der Waals surface area contributed by atoms with Crippen molar-refractivity contribution in [3.05, 3.63) is 102 Å². The zero-order valence-corrected chi connectivity index (χ0v) is 20.4. The van der Waals surface area contributed by atoms with Gasteiger partial charge < -0.3 is 14.6 Å². The van der Waals surface area contributed by atoms with Crippen molar-refractivity contribution >= 4 is 11.8 Å². The lowest BCUT2D eigenvalue weighted by Crippen LogP contribution is -2.53. The van der Waals surface area contributed by atoms with E-state index in [1.165, 1.54) is 5.56 Å². The van der Waals surface area contributed by atoms with E-state index in [1.54, 1.807) is 0 Å². The maximum atomic E-state index is 13.4. The highest BCUT2D eigenvalue weighted by Gasteiger charge is 2.44. The Morgan fingerprint density at radius 2 is 1.64 bits per heavy atom. The molecule has 0 bridgehead atoms. The molecule has 1 aliphatic heterocycles. The lowest BCUT2D eigenvalue weighted by atomic mass is 9.91. The van der Waals surface area contributed by atoms with Crippen molar-refractivity contribution in [3.8, 4) is 5.75 Å². The molecule has 0 aliphatic carbocycles. The Labute approximate surface area is 212 Å². The van der Waals surface area contributed by atoms with Gasteiger partial charge in [-0.2, -0.15) is 0 Å². The van der Waals surface area contributed by atoms with E-state index in [1.807, 2.05) is 72.8 Å². The summed E-state index contributed by atoms with van der Waals surface area (Å²) in [6.07, 6.45) is 2.84.